The van der Waals surface area contributed by atoms with E-state index in [9.17, 15) is 23.1 Å². The van der Waals surface area contributed by atoms with E-state index in [0.29, 0.717) is 27.6 Å². The molecule has 7 nitrogen and oxygen atoms in total. The van der Waals surface area contributed by atoms with Gasteiger partial charge in [-0.3, -0.25) is 14.5 Å². The van der Waals surface area contributed by atoms with Crippen molar-refractivity contribution in [3.63, 3.8) is 0 Å². The highest BCUT2D eigenvalue weighted by molar-refractivity contribution is 6.30. The predicted octanol–water partition coefficient (Wildman–Crippen LogP) is 5.10. The van der Waals surface area contributed by atoms with E-state index in [1.165, 1.54) is 6.07 Å². The molecule has 0 bridgehead atoms. The topological polar surface area (TPSA) is 89.3 Å². The number of hydrogen-bond acceptors (Lipinski definition) is 5. The van der Waals surface area contributed by atoms with Gasteiger partial charge in [0.05, 0.1) is 29.6 Å². The molecule has 2 N–H and O–H groups in total. The van der Waals surface area contributed by atoms with Gasteiger partial charge in [0, 0.05) is 41.0 Å². The lowest BCUT2D eigenvalue weighted by atomic mass is 9.90. The van der Waals surface area contributed by atoms with E-state index in [4.69, 9.17) is 16.3 Å². The van der Waals surface area contributed by atoms with Crippen LogP contribution in [0.5, 0.6) is 5.75 Å². The van der Waals surface area contributed by atoms with Crippen molar-refractivity contribution in [1.29, 1.82) is 0 Å². The molecule has 0 saturated heterocycles. The summed E-state index contributed by atoms with van der Waals surface area (Å²) in [5.74, 6) is 0.201. The molecule has 36 heavy (non-hydrogen) atoms. The Labute approximate surface area is 210 Å². The third-order valence-electron chi connectivity index (χ3n) is 6.74. The first-order chi connectivity index (χ1) is 17.2. The van der Waals surface area contributed by atoms with Gasteiger partial charge in [0.1, 0.15) is 5.75 Å². The highest BCUT2D eigenvalue weighted by Crippen LogP contribution is 2.37. The van der Waals surface area contributed by atoms with Gasteiger partial charge in [0.25, 0.3) is 5.91 Å². The third-order valence-corrected chi connectivity index (χ3v) is 6.97. The molecule has 1 fully saturated rings. The Hall–Kier alpha value is -3.11. The van der Waals surface area contributed by atoms with Crippen molar-refractivity contribution in [2.24, 2.45) is 0 Å². The minimum absolute atomic E-state index is 0.0206. The van der Waals surface area contributed by atoms with Gasteiger partial charge in [-0.2, -0.15) is 18.3 Å². The van der Waals surface area contributed by atoms with E-state index in [1.54, 1.807) is 30.6 Å². The SMILES string of the molecule is O=C(NC1CCC(n2cc(-c3ccc(C(F)(F)F)cn3)cn2)CC1)[C@H]1C[C@@H](O)c2cc(Cl)ccc2O1. The number of halogens is 4. The molecule has 1 amide bonds. The largest absolute Gasteiger partial charge is 0.480 e. The molecule has 190 valence electrons. The van der Waals surface area contributed by atoms with E-state index < -0.39 is 23.9 Å². The van der Waals surface area contributed by atoms with E-state index in [-0.39, 0.29) is 24.4 Å². The van der Waals surface area contributed by atoms with Gasteiger partial charge >= 0.3 is 6.18 Å². The summed E-state index contributed by atoms with van der Waals surface area (Å²) < 4.78 is 45.9. The van der Waals surface area contributed by atoms with Gasteiger partial charge in [0.15, 0.2) is 6.10 Å². The van der Waals surface area contributed by atoms with Crippen LogP contribution < -0.4 is 10.1 Å². The Balaban J connectivity index is 1.15. The first-order valence-corrected chi connectivity index (χ1v) is 12.1. The molecule has 0 spiro atoms. The van der Waals surface area contributed by atoms with E-state index >= 15 is 0 Å². The van der Waals surface area contributed by atoms with Crippen molar-refractivity contribution < 1.29 is 27.8 Å². The molecule has 1 saturated carbocycles. The quantitative estimate of drug-likeness (QED) is 0.499. The van der Waals surface area contributed by atoms with E-state index in [1.807, 2.05) is 4.68 Å². The average Bonchev–Trinajstić information content (AvgIpc) is 3.35. The fraction of sp³-hybridized carbons (Fsp3) is 0.400. The molecule has 2 aromatic heterocycles. The highest BCUT2D eigenvalue weighted by atomic mass is 35.5. The second kappa shape index (κ2) is 9.74. The molecule has 1 aliphatic heterocycles. The summed E-state index contributed by atoms with van der Waals surface area (Å²) in [6, 6.07) is 7.40. The Morgan fingerprint density at radius 1 is 1.14 bits per heavy atom. The molecular formula is C25H24ClF3N4O3. The number of nitrogens with one attached hydrogen (secondary N) is 1. The zero-order chi connectivity index (χ0) is 25.4. The number of carbonyl (C=O) groups excluding carboxylic acids is 1. The number of aliphatic hydroxyl groups excluding tert-OH is 1. The number of hydrogen-bond donors (Lipinski definition) is 2. The van der Waals surface area contributed by atoms with Crippen LogP contribution in [0.15, 0.2) is 48.9 Å². The molecule has 5 rings (SSSR count). The minimum atomic E-state index is -4.43. The Morgan fingerprint density at radius 3 is 2.61 bits per heavy atom. The lowest BCUT2D eigenvalue weighted by molar-refractivity contribution is -0.137. The number of benzene rings is 1. The molecule has 3 heterocycles. The number of nitrogens with zero attached hydrogens (tertiary/aromatic N) is 3. The van der Waals surface area contributed by atoms with Crippen molar-refractivity contribution in [3.8, 4) is 17.0 Å². The molecular weight excluding hydrogens is 497 g/mol. The average molecular weight is 521 g/mol. The first-order valence-electron chi connectivity index (χ1n) is 11.7. The fourth-order valence-electron chi connectivity index (χ4n) is 4.76. The van der Waals surface area contributed by atoms with Gasteiger partial charge in [-0.15, -0.1) is 0 Å². The monoisotopic (exact) mass is 520 g/mol. The van der Waals surface area contributed by atoms with Crippen molar-refractivity contribution >= 4 is 17.5 Å². The lowest BCUT2D eigenvalue weighted by Gasteiger charge is -2.32. The standard InChI is InChI=1S/C25H24ClF3N4O3/c26-16-2-8-22-19(9-16)21(34)10-23(36-22)24(35)32-17-3-5-18(6-4-17)33-13-14(11-31-33)20-7-1-15(12-30-20)25(27,28)29/h1-2,7-9,11-13,17-18,21,23,34H,3-6,10H2,(H,32,35)/t17?,18?,21-,23-/m1/s1. The van der Waals surface area contributed by atoms with Gasteiger partial charge in [-0.25, -0.2) is 0 Å². The van der Waals surface area contributed by atoms with Crippen LogP contribution >= 0.6 is 11.6 Å². The Morgan fingerprint density at radius 2 is 1.92 bits per heavy atom. The summed E-state index contributed by atoms with van der Waals surface area (Å²) >= 11 is 5.99. The van der Waals surface area contributed by atoms with Crippen LogP contribution in [-0.2, 0) is 11.0 Å². The predicted molar refractivity (Wildman–Crippen MR) is 125 cm³/mol. The van der Waals surface area contributed by atoms with E-state index in [2.05, 4.69) is 15.4 Å². The van der Waals surface area contributed by atoms with Crippen LogP contribution in [0.3, 0.4) is 0 Å². The molecule has 0 unspecified atom stereocenters. The summed E-state index contributed by atoms with van der Waals surface area (Å²) in [6.07, 6.45) is 1.38. The number of rotatable bonds is 4. The van der Waals surface area contributed by atoms with Crippen LogP contribution in [0.4, 0.5) is 13.2 Å². The second-order valence-electron chi connectivity index (χ2n) is 9.19. The molecule has 2 atom stereocenters. The fourth-order valence-corrected chi connectivity index (χ4v) is 4.94. The zero-order valence-corrected chi connectivity index (χ0v) is 19.8. The van der Waals surface area contributed by atoms with Crippen LogP contribution in [-0.4, -0.2) is 37.9 Å². The van der Waals surface area contributed by atoms with Crippen molar-refractivity contribution in [2.75, 3.05) is 0 Å². The van der Waals surface area contributed by atoms with Crippen molar-refractivity contribution in [3.05, 3.63) is 65.1 Å². The number of aliphatic hydroxyl groups is 1. The van der Waals surface area contributed by atoms with Crippen LogP contribution in [0.1, 0.15) is 55.4 Å². The van der Waals surface area contributed by atoms with Crippen LogP contribution in [0.2, 0.25) is 5.02 Å². The Bertz CT molecular complexity index is 1240. The summed E-state index contributed by atoms with van der Waals surface area (Å²) in [7, 11) is 0. The van der Waals surface area contributed by atoms with Crippen LogP contribution in [0.25, 0.3) is 11.3 Å². The number of aromatic nitrogens is 3. The van der Waals surface area contributed by atoms with Crippen molar-refractivity contribution in [1.82, 2.24) is 20.1 Å². The summed E-state index contributed by atoms with van der Waals surface area (Å²) in [6.45, 7) is 0. The number of pyridine rings is 1. The van der Waals surface area contributed by atoms with Crippen LogP contribution in [0, 0.1) is 0 Å². The smallest absolute Gasteiger partial charge is 0.417 e. The number of ether oxygens (including phenoxy) is 1. The molecule has 2 aliphatic rings. The number of alkyl halides is 3. The summed E-state index contributed by atoms with van der Waals surface area (Å²) in [4.78, 5) is 16.7. The zero-order valence-electron chi connectivity index (χ0n) is 19.1. The van der Waals surface area contributed by atoms with Gasteiger partial charge in [0.2, 0.25) is 0 Å². The first kappa shape index (κ1) is 24.6. The third kappa shape index (κ3) is 5.19. The van der Waals surface area contributed by atoms with E-state index in [0.717, 1.165) is 37.9 Å². The summed E-state index contributed by atoms with van der Waals surface area (Å²) in [5.41, 5.74) is 0.861. The summed E-state index contributed by atoms with van der Waals surface area (Å²) in [5, 5.41) is 18.4. The van der Waals surface area contributed by atoms with Gasteiger partial charge in [-0.1, -0.05) is 11.6 Å². The maximum Gasteiger partial charge on any atom is 0.417 e. The Kier molecular flexibility index (Phi) is 6.65. The second-order valence-corrected chi connectivity index (χ2v) is 9.63. The lowest BCUT2D eigenvalue weighted by Crippen LogP contribution is -2.46. The molecule has 0 radical (unpaired) electrons. The van der Waals surface area contributed by atoms with Crippen molar-refractivity contribution in [2.45, 2.75) is 62.6 Å². The normalized spacial score (nSPS) is 24.0. The minimum Gasteiger partial charge on any atom is -0.480 e. The number of carbonyl (C=O) groups is 1. The van der Waals surface area contributed by atoms with Gasteiger partial charge < -0.3 is 15.2 Å². The number of amides is 1. The molecule has 3 aromatic rings. The highest BCUT2D eigenvalue weighted by Gasteiger charge is 2.34. The number of fused-ring (bicyclic) bond motifs is 1. The maximum absolute atomic E-state index is 12.8. The van der Waals surface area contributed by atoms with Gasteiger partial charge in [-0.05, 0) is 56.0 Å². The molecule has 11 heteroatoms. The molecule has 1 aromatic carbocycles. The maximum atomic E-state index is 12.8. The molecule has 1 aliphatic carbocycles.